The largest absolute Gasteiger partial charge is 0.495 e. The van der Waals surface area contributed by atoms with E-state index in [1.807, 2.05) is 6.07 Å². The molecule has 7 nitrogen and oxygen atoms in total. The molecule has 0 atom stereocenters. The van der Waals surface area contributed by atoms with Crippen molar-refractivity contribution in [1.82, 2.24) is 9.13 Å². The molecule has 8 heteroatoms. The lowest BCUT2D eigenvalue weighted by atomic mass is 9.93. The summed E-state index contributed by atoms with van der Waals surface area (Å²) < 4.78 is 8.52. The minimum atomic E-state index is -1.04. The third-order valence-electron chi connectivity index (χ3n) is 5.80. The van der Waals surface area contributed by atoms with E-state index in [2.05, 4.69) is 0 Å². The number of ether oxygens (including phenoxy) is 1. The summed E-state index contributed by atoms with van der Waals surface area (Å²) >= 11 is 6.24. The molecule has 1 fully saturated rings. The maximum atomic E-state index is 13.4. The van der Waals surface area contributed by atoms with Crippen LogP contribution in [0.5, 0.6) is 5.75 Å². The van der Waals surface area contributed by atoms with Gasteiger partial charge < -0.3 is 14.9 Å². The second kappa shape index (κ2) is 8.16. The lowest BCUT2D eigenvalue weighted by Crippen LogP contribution is -2.31. The molecule has 0 aliphatic heterocycles. The van der Waals surface area contributed by atoms with Gasteiger partial charge in [0.2, 0.25) is 0 Å². The third kappa shape index (κ3) is 3.70. The maximum Gasteiger partial charge on any atom is 0.335 e. The standard InChI is InChI=1S/C22H23ClN2O5/c1-30-20-9-2-13(10-17(20)23)12-24-19-11-14(21(27)28)3-8-18(19)25(22(24)29)15-4-6-16(26)7-5-15/h2-3,8-11,15-16,26H,4-7,12H2,1H3,(H,27,28)/t15-,16-. The number of carboxylic acid groups (broad SMARTS) is 1. The van der Waals surface area contributed by atoms with Crippen LogP contribution in [0, 0.1) is 0 Å². The molecule has 158 valence electrons. The van der Waals surface area contributed by atoms with Crippen LogP contribution in [0.2, 0.25) is 5.02 Å². The average Bonchev–Trinajstić information content (AvgIpc) is 3.00. The first-order chi connectivity index (χ1) is 14.4. The normalized spacial score (nSPS) is 19.2. The van der Waals surface area contributed by atoms with Gasteiger partial charge in [0, 0.05) is 6.04 Å². The van der Waals surface area contributed by atoms with E-state index in [4.69, 9.17) is 16.3 Å². The van der Waals surface area contributed by atoms with E-state index in [1.54, 1.807) is 33.4 Å². The monoisotopic (exact) mass is 430 g/mol. The quantitative estimate of drug-likeness (QED) is 0.643. The van der Waals surface area contributed by atoms with Crippen molar-refractivity contribution >= 4 is 28.6 Å². The van der Waals surface area contributed by atoms with Gasteiger partial charge in [-0.15, -0.1) is 0 Å². The first-order valence-corrected chi connectivity index (χ1v) is 10.3. The maximum absolute atomic E-state index is 13.4. The Morgan fingerprint density at radius 2 is 1.87 bits per heavy atom. The van der Waals surface area contributed by atoms with Gasteiger partial charge in [-0.05, 0) is 61.6 Å². The molecule has 1 aliphatic rings. The molecule has 0 bridgehead atoms. The SMILES string of the molecule is COc1ccc(Cn2c(=O)n([C@H]3CC[C@H](O)CC3)c3ccc(C(=O)O)cc32)cc1Cl. The van der Waals surface area contributed by atoms with E-state index in [1.165, 1.54) is 13.2 Å². The summed E-state index contributed by atoms with van der Waals surface area (Å²) in [5, 5.41) is 19.7. The summed E-state index contributed by atoms with van der Waals surface area (Å²) in [7, 11) is 1.54. The molecule has 1 saturated carbocycles. The number of nitrogens with zero attached hydrogens (tertiary/aromatic N) is 2. The van der Waals surface area contributed by atoms with Gasteiger partial charge in [0.15, 0.2) is 0 Å². The van der Waals surface area contributed by atoms with Crippen molar-refractivity contribution in [2.24, 2.45) is 0 Å². The highest BCUT2D eigenvalue weighted by Gasteiger charge is 2.26. The first kappa shape index (κ1) is 20.5. The summed E-state index contributed by atoms with van der Waals surface area (Å²) in [6.07, 6.45) is 2.37. The molecule has 1 heterocycles. The number of benzene rings is 2. The van der Waals surface area contributed by atoms with Crippen molar-refractivity contribution in [1.29, 1.82) is 0 Å². The molecule has 1 aromatic heterocycles. The number of methoxy groups -OCH3 is 1. The molecule has 3 aromatic rings. The van der Waals surface area contributed by atoms with Crippen LogP contribution in [0.1, 0.15) is 47.6 Å². The van der Waals surface area contributed by atoms with Crippen LogP contribution in [0.3, 0.4) is 0 Å². The number of halogens is 1. The second-order valence-electron chi connectivity index (χ2n) is 7.68. The number of aliphatic hydroxyl groups is 1. The van der Waals surface area contributed by atoms with E-state index in [-0.39, 0.29) is 29.9 Å². The van der Waals surface area contributed by atoms with Crippen molar-refractivity contribution in [3.63, 3.8) is 0 Å². The molecule has 4 rings (SSSR count). The van der Waals surface area contributed by atoms with E-state index >= 15 is 0 Å². The Balaban J connectivity index is 1.84. The number of aromatic nitrogens is 2. The Morgan fingerprint density at radius 1 is 1.13 bits per heavy atom. The van der Waals surface area contributed by atoms with Crippen LogP contribution < -0.4 is 10.4 Å². The topological polar surface area (TPSA) is 93.7 Å². The zero-order valence-electron chi connectivity index (χ0n) is 16.5. The molecular formula is C22H23ClN2O5. The van der Waals surface area contributed by atoms with Gasteiger partial charge in [0.05, 0.1) is 41.4 Å². The number of fused-ring (bicyclic) bond motifs is 1. The number of carbonyl (C=O) groups is 1. The Morgan fingerprint density at radius 3 is 2.50 bits per heavy atom. The fourth-order valence-corrected chi connectivity index (χ4v) is 4.51. The van der Waals surface area contributed by atoms with Crippen LogP contribution in [0.25, 0.3) is 11.0 Å². The van der Waals surface area contributed by atoms with E-state index in [0.717, 1.165) is 5.56 Å². The van der Waals surface area contributed by atoms with Gasteiger partial charge in [-0.1, -0.05) is 17.7 Å². The number of carboxylic acids is 1. The van der Waals surface area contributed by atoms with Crippen molar-refractivity contribution in [3.8, 4) is 5.75 Å². The van der Waals surface area contributed by atoms with Crippen LogP contribution in [-0.2, 0) is 6.54 Å². The summed E-state index contributed by atoms with van der Waals surface area (Å²) in [6.45, 7) is 0.254. The number of hydrogen-bond donors (Lipinski definition) is 2. The van der Waals surface area contributed by atoms with Crippen LogP contribution >= 0.6 is 11.6 Å². The fraction of sp³-hybridized carbons (Fsp3) is 0.364. The number of aliphatic hydroxyl groups excluding tert-OH is 1. The number of hydrogen-bond acceptors (Lipinski definition) is 4. The van der Waals surface area contributed by atoms with Gasteiger partial charge in [0.25, 0.3) is 0 Å². The molecule has 30 heavy (non-hydrogen) atoms. The van der Waals surface area contributed by atoms with Crippen molar-refractivity contribution in [2.75, 3.05) is 7.11 Å². The van der Waals surface area contributed by atoms with Gasteiger partial charge in [0.1, 0.15) is 5.75 Å². The van der Waals surface area contributed by atoms with Crippen LogP contribution in [0.4, 0.5) is 0 Å². The number of imidazole rings is 1. The van der Waals surface area contributed by atoms with Gasteiger partial charge in [-0.25, -0.2) is 9.59 Å². The third-order valence-corrected chi connectivity index (χ3v) is 6.09. The zero-order chi connectivity index (χ0) is 21.4. The highest BCUT2D eigenvalue weighted by Crippen LogP contribution is 2.31. The Labute approximate surface area is 178 Å². The average molecular weight is 431 g/mol. The van der Waals surface area contributed by atoms with E-state index < -0.39 is 5.97 Å². The molecule has 0 amide bonds. The summed E-state index contributed by atoms with van der Waals surface area (Å²) in [5.74, 6) is -0.499. The lowest BCUT2D eigenvalue weighted by molar-refractivity contribution is 0.0697. The smallest absolute Gasteiger partial charge is 0.335 e. The highest BCUT2D eigenvalue weighted by molar-refractivity contribution is 6.32. The summed E-state index contributed by atoms with van der Waals surface area (Å²) in [5.41, 5.74) is 2.01. The minimum Gasteiger partial charge on any atom is -0.495 e. The molecule has 0 unspecified atom stereocenters. The van der Waals surface area contributed by atoms with E-state index in [0.29, 0.717) is 47.5 Å². The second-order valence-corrected chi connectivity index (χ2v) is 8.09. The number of aromatic carboxylic acids is 1. The van der Waals surface area contributed by atoms with Crippen LogP contribution in [0.15, 0.2) is 41.2 Å². The highest BCUT2D eigenvalue weighted by atomic mass is 35.5. The van der Waals surface area contributed by atoms with Crippen molar-refractivity contribution < 1.29 is 19.7 Å². The van der Waals surface area contributed by atoms with Gasteiger partial charge >= 0.3 is 11.7 Å². The van der Waals surface area contributed by atoms with Crippen molar-refractivity contribution in [2.45, 2.75) is 44.4 Å². The van der Waals surface area contributed by atoms with Crippen molar-refractivity contribution in [3.05, 3.63) is 63.0 Å². The molecule has 1 aliphatic carbocycles. The molecule has 2 aromatic carbocycles. The summed E-state index contributed by atoms with van der Waals surface area (Å²) in [4.78, 5) is 24.9. The van der Waals surface area contributed by atoms with Gasteiger partial charge in [-0.2, -0.15) is 0 Å². The zero-order valence-corrected chi connectivity index (χ0v) is 17.3. The number of rotatable bonds is 5. The molecule has 0 saturated heterocycles. The first-order valence-electron chi connectivity index (χ1n) is 9.87. The predicted octanol–water partition coefficient (Wildman–Crippen LogP) is 3.69. The predicted molar refractivity (Wildman–Crippen MR) is 114 cm³/mol. The lowest BCUT2D eigenvalue weighted by Gasteiger charge is -2.26. The summed E-state index contributed by atoms with van der Waals surface area (Å²) in [6, 6.07) is 10.0. The van der Waals surface area contributed by atoms with Crippen LogP contribution in [-0.4, -0.2) is 38.5 Å². The molecule has 0 spiro atoms. The molecule has 2 N–H and O–H groups in total. The fourth-order valence-electron chi connectivity index (χ4n) is 4.23. The Kier molecular flexibility index (Phi) is 5.58. The minimum absolute atomic E-state index is 0.0280. The van der Waals surface area contributed by atoms with E-state index in [9.17, 15) is 19.8 Å². The molecular weight excluding hydrogens is 408 g/mol. The Hall–Kier alpha value is -2.77. The van der Waals surface area contributed by atoms with Gasteiger partial charge in [-0.3, -0.25) is 9.13 Å². The Bertz CT molecular complexity index is 1160. The molecule has 0 radical (unpaired) electrons.